The van der Waals surface area contributed by atoms with Crippen molar-refractivity contribution in [2.24, 2.45) is 11.8 Å². The number of non-ortho nitro benzene ring substituents is 2. The first-order valence-corrected chi connectivity index (χ1v) is 19.4. The smallest absolute Gasteiger partial charge is 0.410 e. The number of aliphatic hydroxyl groups excluding tert-OH is 1. The summed E-state index contributed by atoms with van der Waals surface area (Å²) < 4.78 is 15.4. The normalized spacial score (nSPS) is 21.3. The lowest BCUT2D eigenvalue weighted by molar-refractivity contribution is -0.733. The average Bonchev–Trinajstić information content (AvgIpc) is 3.91. The molecule has 3 aliphatic heterocycles. The fourth-order valence-corrected chi connectivity index (χ4v) is 9.67. The molecule has 7 rings (SSSR count). The average molecular weight is 778 g/mol. The van der Waals surface area contributed by atoms with Crippen LogP contribution in [0.4, 0.5) is 16.2 Å². The molecule has 16 nitrogen and oxygen atoms in total. The molecule has 4 aromatic rings. The highest BCUT2D eigenvalue weighted by Gasteiger charge is 2.61. The van der Waals surface area contributed by atoms with Crippen molar-refractivity contribution in [3.63, 3.8) is 0 Å². The quantitative estimate of drug-likeness (QED) is 0.0512. The number of esters is 1. The van der Waals surface area contributed by atoms with Gasteiger partial charge in [-0.3, -0.25) is 25.0 Å². The number of fused-ring (bicyclic) bond motifs is 2. The summed E-state index contributed by atoms with van der Waals surface area (Å²) >= 11 is 3.03. The highest BCUT2D eigenvalue weighted by atomic mass is 32.2. The van der Waals surface area contributed by atoms with Crippen LogP contribution in [0, 0.1) is 32.1 Å². The van der Waals surface area contributed by atoms with Crippen LogP contribution in [-0.2, 0) is 38.8 Å². The lowest BCUT2D eigenvalue weighted by Crippen LogP contribution is -2.63. The number of aliphatic hydroxyl groups is 1. The van der Waals surface area contributed by atoms with Gasteiger partial charge in [0.05, 0.1) is 34.0 Å². The number of ether oxygens (including phenoxy) is 2. The summed E-state index contributed by atoms with van der Waals surface area (Å²) in [6.45, 7) is 4.32. The number of hydrogen-bond acceptors (Lipinski definition) is 12. The summed E-state index contributed by atoms with van der Waals surface area (Å²) in [5.74, 6) is -2.09. The SMILES string of the molecule is CSc1c2scc(C3=C(C(=O)OCc4ccc([N+](=O)[O-])cc4)N4C(=O)[C@H]([C@@H](C)O)[C@H]4[C@H]3C)n2c[n+]1C[C@H]1CCCN1C(=O)OCc1ccc([N+](=O)[O-])cc1. The molecule has 0 spiro atoms. The van der Waals surface area contributed by atoms with Crippen molar-refractivity contribution in [2.75, 3.05) is 12.8 Å². The van der Waals surface area contributed by atoms with Crippen LogP contribution in [0.1, 0.15) is 43.5 Å². The number of carbonyl (C=O) groups excluding carboxylic acids is 3. The van der Waals surface area contributed by atoms with Crippen molar-refractivity contribution in [1.29, 1.82) is 0 Å². The van der Waals surface area contributed by atoms with Crippen molar-refractivity contribution >= 4 is 62.8 Å². The zero-order valence-electron chi connectivity index (χ0n) is 29.5. The van der Waals surface area contributed by atoms with E-state index in [0.29, 0.717) is 35.5 Å². The Morgan fingerprint density at radius 2 is 1.65 bits per heavy atom. The van der Waals surface area contributed by atoms with Gasteiger partial charge in [0.2, 0.25) is 15.8 Å². The molecule has 18 heteroatoms. The Bertz CT molecular complexity index is 2180. The topological polar surface area (TPSA) is 191 Å². The molecular formula is C36H37N6O10S2+. The maximum Gasteiger partial charge on any atom is 0.410 e. The zero-order valence-corrected chi connectivity index (χ0v) is 31.2. The van der Waals surface area contributed by atoms with E-state index in [9.17, 15) is 39.7 Å². The van der Waals surface area contributed by atoms with Crippen LogP contribution in [0.2, 0.25) is 0 Å². The number of likely N-dealkylation sites (tertiary alicyclic amines) is 1. The maximum atomic E-state index is 13.9. The van der Waals surface area contributed by atoms with Crippen molar-refractivity contribution in [3.8, 4) is 0 Å². The van der Waals surface area contributed by atoms with Gasteiger partial charge in [0.25, 0.3) is 17.7 Å². The molecule has 2 amide bonds. The molecule has 2 fully saturated rings. The molecule has 1 N–H and O–H groups in total. The third kappa shape index (κ3) is 6.58. The molecule has 0 aliphatic carbocycles. The van der Waals surface area contributed by atoms with Crippen molar-refractivity contribution in [2.45, 2.75) is 69.7 Å². The van der Waals surface area contributed by atoms with Crippen LogP contribution in [-0.4, -0.2) is 78.1 Å². The molecule has 2 saturated heterocycles. The Kier molecular flexibility index (Phi) is 10.2. The third-order valence-corrected chi connectivity index (χ3v) is 12.2. The summed E-state index contributed by atoms with van der Waals surface area (Å²) in [7, 11) is 0. The van der Waals surface area contributed by atoms with Gasteiger partial charge >= 0.3 is 12.1 Å². The molecule has 0 radical (unpaired) electrons. The number of imidazole rings is 1. The number of nitro benzene ring substituents is 2. The summed E-state index contributed by atoms with van der Waals surface area (Å²) in [6.07, 6.45) is 4.07. The van der Waals surface area contributed by atoms with Crippen LogP contribution < -0.4 is 4.57 Å². The van der Waals surface area contributed by atoms with Gasteiger partial charge in [-0.1, -0.05) is 30.0 Å². The van der Waals surface area contributed by atoms with E-state index >= 15 is 0 Å². The van der Waals surface area contributed by atoms with Crippen LogP contribution >= 0.6 is 23.1 Å². The Hall–Kier alpha value is -5.33. The molecule has 0 saturated carbocycles. The van der Waals surface area contributed by atoms with E-state index in [2.05, 4.69) is 4.57 Å². The molecular weight excluding hydrogens is 741 g/mol. The van der Waals surface area contributed by atoms with Gasteiger partial charge in [-0.05, 0) is 61.4 Å². The number of benzene rings is 2. The summed E-state index contributed by atoms with van der Waals surface area (Å²) in [4.78, 5) is 65.7. The number of hydrogen-bond donors (Lipinski definition) is 1. The monoisotopic (exact) mass is 777 g/mol. The second kappa shape index (κ2) is 14.8. The minimum absolute atomic E-state index is 0.0169. The molecule has 5 heterocycles. The second-order valence-corrected chi connectivity index (χ2v) is 15.2. The van der Waals surface area contributed by atoms with Gasteiger partial charge in [-0.15, -0.1) is 0 Å². The molecule has 54 heavy (non-hydrogen) atoms. The Morgan fingerprint density at radius 1 is 1.04 bits per heavy atom. The van der Waals surface area contributed by atoms with Gasteiger partial charge in [0, 0.05) is 47.7 Å². The molecule has 3 aliphatic rings. The number of nitrogens with zero attached hydrogens (tertiary/aromatic N) is 6. The van der Waals surface area contributed by atoms with Crippen molar-refractivity contribution < 1.29 is 43.4 Å². The number of thioether (sulfide) groups is 1. The predicted octanol–water partition coefficient (Wildman–Crippen LogP) is 4.94. The first kappa shape index (κ1) is 37.0. The number of carbonyl (C=O) groups is 3. The van der Waals surface area contributed by atoms with Crippen LogP contribution in [0.3, 0.4) is 0 Å². The number of nitro groups is 2. The Balaban J connectivity index is 1.15. The third-order valence-electron chi connectivity index (χ3n) is 10.3. The van der Waals surface area contributed by atoms with Crippen molar-refractivity contribution in [3.05, 3.63) is 103 Å². The highest BCUT2D eigenvalue weighted by Crippen LogP contribution is 2.51. The van der Waals surface area contributed by atoms with Gasteiger partial charge < -0.3 is 24.4 Å². The minimum atomic E-state index is -0.924. The number of aromatic nitrogens is 2. The number of amides is 2. The van der Waals surface area contributed by atoms with Crippen LogP contribution in [0.5, 0.6) is 0 Å². The standard InChI is InChI=1S/C36H37N6O10S2/c1-20-28(31(40-30(20)29(21(2)43)32(40)44)35(45)51-16-22-6-10-24(11-7-22)41(47)48)27-18-54-34-33(53-3)37(19-39(27)34)15-26-5-4-14-38(26)36(46)52-17-23-8-12-25(13-9-23)42(49)50/h6-13,18-21,26,29-30,43H,4-5,14-17H2,1-3H3/q+1/t20-,21+,26+,29+,30+/m0/s1. The lowest BCUT2D eigenvalue weighted by Gasteiger charge is -2.46. The van der Waals surface area contributed by atoms with Gasteiger partial charge in [0.15, 0.2) is 0 Å². The van der Waals surface area contributed by atoms with E-state index in [1.807, 2.05) is 29.3 Å². The largest absolute Gasteiger partial charge is 0.456 e. The summed E-state index contributed by atoms with van der Waals surface area (Å²) in [6, 6.07) is 10.9. The highest BCUT2D eigenvalue weighted by molar-refractivity contribution is 7.98. The molecule has 2 aromatic heterocycles. The van der Waals surface area contributed by atoms with E-state index < -0.39 is 40.0 Å². The van der Waals surface area contributed by atoms with E-state index in [1.54, 1.807) is 35.7 Å². The van der Waals surface area contributed by atoms with Gasteiger partial charge in [-0.25, -0.2) is 14.2 Å². The molecule has 5 atom stereocenters. The molecule has 0 bridgehead atoms. The first-order chi connectivity index (χ1) is 25.9. The second-order valence-electron chi connectivity index (χ2n) is 13.6. The van der Waals surface area contributed by atoms with E-state index in [-0.39, 0.29) is 48.2 Å². The number of β-lactam (4-membered cyclic amide) rings is 1. The Morgan fingerprint density at radius 3 is 2.22 bits per heavy atom. The Labute approximate surface area is 316 Å². The van der Waals surface area contributed by atoms with E-state index in [4.69, 9.17) is 9.47 Å². The molecule has 2 aromatic carbocycles. The van der Waals surface area contributed by atoms with Crippen molar-refractivity contribution in [1.82, 2.24) is 14.2 Å². The molecule has 282 valence electrons. The zero-order chi connectivity index (χ0) is 38.4. The van der Waals surface area contributed by atoms with E-state index in [1.165, 1.54) is 52.6 Å². The maximum absolute atomic E-state index is 13.9. The lowest BCUT2D eigenvalue weighted by atomic mass is 9.77. The van der Waals surface area contributed by atoms with Gasteiger partial charge in [-0.2, -0.15) is 4.40 Å². The van der Waals surface area contributed by atoms with Crippen LogP contribution in [0.25, 0.3) is 10.4 Å². The summed E-state index contributed by atoms with van der Waals surface area (Å²) in [5, 5.41) is 35.5. The van der Waals surface area contributed by atoms with Crippen LogP contribution in [0.15, 0.2) is 71.0 Å². The van der Waals surface area contributed by atoms with Gasteiger partial charge in [0.1, 0.15) is 31.1 Å². The summed E-state index contributed by atoms with van der Waals surface area (Å²) in [5.41, 5.74) is 2.48. The first-order valence-electron chi connectivity index (χ1n) is 17.3. The predicted molar refractivity (Wildman–Crippen MR) is 195 cm³/mol. The van der Waals surface area contributed by atoms with E-state index in [0.717, 1.165) is 22.7 Å². The number of thiazole rings is 1. The fraction of sp³-hybridized carbons (Fsp3) is 0.389. The molecule has 0 unspecified atom stereocenters. The fourth-order valence-electron chi connectivity index (χ4n) is 7.71. The minimum Gasteiger partial charge on any atom is -0.456 e. The number of rotatable bonds is 12.